The monoisotopic (exact) mass is 371 g/mol. The lowest BCUT2D eigenvalue weighted by Gasteiger charge is -2.22. The van der Waals surface area contributed by atoms with Crippen LogP contribution < -0.4 is 5.43 Å². The van der Waals surface area contributed by atoms with Gasteiger partial charge in [-0.25, -0.2) is 0 Å². The summed E-state index contributed by atoms with van der Waals surface area (Å²) in [4.78, 5) is 12.8. The van der Waals surface area contributed by atoms with E-state index in [0.717, 1.165) is 28.2 Å². The molecule has 0 saturated heterocycles. The fourth-order valence-electron chi connectivity index (χ4n) is 3.34. The van der Waals surface area contributed by atoms with Crippen LogP contribution in [0.25, 0.3) is 28.2 Å². The third kappa shape index (κ3) is 3.20. The zero-order valence-electron chi connectivity index (χ0n) is 14.9. The topological polar surface area (TPSA) is 22.0 Å². The summed E-state index contributed by atoms with van der Waals surface area (Å²) in [6.45, 7) is 1.86. The van der Waals surface area contributed by atoms with Crippen LogP contribution in [0.1, 0.15) is 5.56 Å². The maximum absolute atomic E-state index is 12.8. The second-order valence-corrected chi connectivity index (χ2v) is 6.79. The van der Waals surface area contributed by atoms with Crippen molar-refractivity contribution in [3.63, 3.8) is 0 Å². The molecule has 0 bridgehead atoms. The van der Waals surface area contributed by atoms with Crippen molar-refractivity contribution in [1.29, 1.82) is 0 Å². The Bertz CT molecular complexity index is 1150. The molecule has 3 aromatic carbocycles. The maximum Gasteiger partial charge on any atom is 0.185 e. The van der Waals surface area contributed by atoms with E-state index in [0.29, 0.717) is 10.6 Å². The van der Waals surface area contributed by atoms with Crippen molar-refractivity contribution in [2.75, 3.05) is 0 Å². The van der Waals surface area contributed by atoms with Crippen molar-refractivity contribution in [3.8, 4) is 28.2 Å². The highest BCUT2D eigenvalue weighted by molar-refractivity contribution is 6.33. The largest absolute Gasteiger partial charge is 0.309 e. The fraction of sp³-hybridized carbons (Fsp3) is 0.0417. The van der Waals surface area contributed by atoms with Crippen molar-refractivity contribution in [2.45, 2.75) is 6.92 Å². The molecule has 0 atom stereocenters. The van der Waals surface area contributed by atoms with E-state index in [1.165, 1.54) is 0 Å². The van der Waals surface area contributed by atoms with E-state index in [1.54, 1.807) is 6.07 Å². The molecule has 0 spiro atoms. The number of aromatic nitrogens is 1. The Morgan fingerprint density at radius 1 is 0.778 bits per heavy atom. The molecule has 0 aliphatic heterocycles. The number of rotatable bonds is 3. The normalized spacial score (nSPS) is 10.7. The molecule has 27 heavy (non-hydrogen) atoms. The standard InChI is InChI=1S/C24H18ClNO/c1-17-23(27)16-22(18-10-4-2-5-11-18)26(19-12-6-3-7-13-19)24(17)20-14-8-9-15-21(20)25/h2-16H,1H3. The van der Waals surface area contributed by atoms with E-state index in [9.17, 15) is 4.79 Å². The molecular weight excluding hydrogens is 354 g/mol. The minimum Gasteiger partial charge on any atom is -0.309 e. The predicted octanol–water partition coefficient (Wildman–Crippen LogP) is 6.13. The van der Waals surface area contributed by atoms with Crippen LogP contribution in [0, 0.1) is 6.92 Å². The Hall–Kier alpha value is -3.10. The molecule has 4 aromatic rings. The molecule has 0 amide bonds. The SMILES string of the molecule is Cc1c(-c2ccccc2Cl)n(-c2ccccc2)c(-c2ccccc2)cc1=O. The summed E-state index contributed by atoms with van der Waals surface area (Å²) in [5.41, 5.74) is 5.13. The number of halogens is 1. The van der Waals surface area contributed by atoms with Gasteiger partial charge in [0.15, 0.2) is 5.43 Å². The Morgan fingerprint density at radius 3 is 2.04 bits per heavy atom. The second kappa shape index (κ2) is 7.26. The van der Waals surface area contributed by atoms with Crippen molar-refractivity contribution >= 4 is 11.6 Å². The third-order valence-electron chi connectivity index (χ3n) is 4.67. The van der Waals surface area contributed by atoms with Gasteiger partial charge in [-0.2, -0.15) is 0 Å². The highest BCUT2D eigenvalue weighted by Gasteiger charge is 2.18. The Morgan fingerprint density at radius 2 is 1.37 bits per heavy atom. The molecule has 0 saturated carbocycles. The maximum atomic E-state index is 12.8. The van der Waals surface area contributed by atoms with Gasteiger partial charge >= 0.3 is 0 Å². The van der Waals surface area contributed by atoms with E-state index in [1.807, 2.05) is 91.9 Å². The van der Waals surface area contributed by atoms with Gasteiger partial charge in [-0.05, 0) is 30.7 Å². The van der Waals surface area contributed by atoms with Gasteiger partial charge in [-0.3, -0.25) is 4.79 Å². The number of benzene rings is 3. The van der Waals surface area contributed by atoms with E-state index in [2.05, 4.69) is 4.57 Å². The minimum atomic E-state index is -0.00375. The summed E-state index contributed by atoms with van der Waals surface area (Å²) in [6.07, 6.45) is 0. The van der Waals surface area contributed by atoms with Crippen molar-refractivity contribution in [2.24, 2.45) is 0 Å². The Balaban J connectivity index is 2.17. The van der Waals surface area contributed by atoms with Crippen molar-refractivity contribution in [1.82, 2.24) is 4.57 Å². The zero-order chi connectivity index (χ0) is 18.8. The fourth-order valence-corrected chi connectivity index (χ4v) is 3.57. The summed E-state index contributed by atoms with van der Waals surface area (Å²) in [7, 11) is 0. The van der Waals surface area contributed by atoms with Crippen LogP contribution in [0.5, 0.6) is 0 Å². The smallest absolute Gasteiger partial charge is 0.185 e. The quantitative estimate of drug-likeness (QED) is 0.424. The van der Waals surface area contributed by atoms with Crippen LogP contribution in [0.2, 0.25) is 5.02 Å². The van der Waals surface area contributed by atoms with Gasteiger partial charge in [0.2, 0.25) is 0 Å². The van der Waals surface area contributed by atoms with E-state index in [-0.39, 0.29) is 5.43 Å². The molecule has 0 unspecified atom stereocenters. The highest BCUT2D eigenvalue weighted by Crippen LogP contribution is 2.34. The third-order valence-corrected chi connectivity index (χ3v) is 5.00. The first kappa shape index (κ1) is 17.3. The van der Waals surface area contributed by atoms with Gasteiger partial charge in [-0.1, -0.05) is 78.3 Å². The van der Waals surface area contributed by atoms with Gasteiger partial charge in [0.1, 0.15) is 0 Å². The van der Waals surface area contributed by atoms with Crippen LogP contribution in [-0.2, 0) is 0 Å². The molecular formula is C24H18ClNO. The zero-order valence-corrected chi connectivity index (χ0v) is 15.6. The first-order valence-corrected chi connectivity index (χ1v) is 9.17. The van der Waals surface area contributed by atoms with E-state index >= 15 is 0 Å². The minimum absolute atomic E-state index is 0.00375. The molecule has 132 valence electrons. The van der Waals surface area contributed by atoms with E-state index < -0.39 is 0 Å². The Kier molecular flexibility index (Phi) is 4.66. The summed E-state index contributed by atoms with van der Waals surface area (Å²) in [5, 5.41) is 0.620. The summed E-state index contributed by atoms with van der Waals surface area (Å²) >= 11 is 6.53. The van der Waals surface area contributed by atoms with Gasteiger partial charge in [0, 0.05) is 27.9 Å². The molecule has 0 aliphatic carbocycles. The van der Waals surface area contributed by atoms with Crippen molar-refractivity contribution < 1.29 is 0 Å². The van der Waals surface area contributed by atoms with Crippen LogP contribution in [0.3, 0.4) is 0 Å². The number of nitrogens with zero attached hydrogens (tertiary/aromatic N) is 1. The summed E-state index contributed by atoms with van der Waals surface area (Å²) in [5.74, 6) is 0. The molecule has 4 rings (SSSR count). The molecule has 0 aliphatic rings. The molecule has 3 heteroatoms. The average molecular weight is 372 g/mol. The van der Waals surface area contributed by atoms with Gasteiger partial charge in [-0.15, -0.1) is 0 Å². The molecule has 0 N–H and O–H groups in total. The number of pyridine rings is 1. The first-order valence-electron chi connectivity index (χ1n) is 8.79. The highest BCUT2D eigenvalue weighted by atomic mass is 35.5. The summed E-state index contributed by atoms with van der Waals surface area (Å²) in [6, 6.07) is 29.3. The molecule has 0 radical (unpaired) electrons. The van der Waals surface area contributed by atoms with Crippen LogP contribution in [0.15, 0.2) is 95.8 Å². The lowest BCUT2D eigenvalue weighted by atomic mass is 10.0. The molecule has 2 nitrogen and oxygen atoms in total. The molecule has 1 heterocycles. The lowest BCUT2D eigenvalue weighted by molar-refractivity contribution is 1.04. The van der Waals surface area contributed by atoms with Crippen LogP contribution in [0.4, 0.5) is 0 Å². The van der Waals surface area contributed by atoms with Gasteiger partial charge in [0.05, 0.1) is 11.4 Å². The second-order valence-electron chi connectivity index (χ2n) is 6.38. The Labute approximate surface area is 163 Å². The van der Waals surface area contributed by atoms with Gasteiger partial charge in [0.25, 0.3) is 0 Å². The lowest BCUT2D eigenvalue weighted by Crippen LogP contribution is -2.15. The number of para-hydroxylation sites is 1. The van der Waals surface area contributed by atoms with E-state index in [4.69, 9.17) is 11.6 Å². The van der Waals surface area contributed by atoms with Crippen LogP contribution >= 0.6 is 11.6 Å². The first-order chi connectivity index (χ1) is 13.2. The van der Waals surface area contributed by atoms with Crippen LogP contribution in [-0.4, -0.2) is 4.57 Å². The number of hydrogen-bond acceptors (Lipinski definition) is 1. The molecule has 0 fully saturated rings. The predicted molar refractivity (Wildman–Crippen MR) is 113 cm³/mol. The average Bonchev–Trinajstić information content (AvgIpc) is 2.71. The molecule has 1 aromatic heterocycles. The summed E-state index contributed by atoms with van der Waals surface area (Å²) < 4.78 is 2.12. The number of hydrogen-bond donors (Lipinski definition) is 0. The van der Waals surface area contributed by atoms with Gasteiger partial charge < -0.3 is 4.57 Å². The van der Waals surface area contributed by atoms with Crippen molar-refractivity contribution in [3.05, 3.63) is 112 Å².